The highest BCUT2D eigenvalue weighted by molar-refractivity contribution is 7.99. The number of nitrogens with one attached hydrogen (secondary N) is 2. The Bertz CT molecular complexity index is 1900. The quantitative estimate of drug-likeness (QED) is 0.0937. The van der Waals surface area contributed by atoms with E-state index in [4.69, 9.17) is 14.2 Å². The summed E-state index contributed by atoms with van der Waals surface area (Å²) in [5.74, 6) is 0.205. The predicted octanol–water partition coefficient (Wildman–Crippen LogP) is 6.50. The molecule has 3 N–H and O–H groups in total. The third-order valence-corrected chi connectivity index (χ3v) is 9.93. The van der Waals surface area contributed by atoms with Gasteiger partial charge in [-0.1, -0.05) is 103 Å². The number of nitrogens with zero attached hydrogens (tertiary/aromatic N) is 2. The Morgan fingerprint density at radius 3 is 2.39 bits per heavy atom. The summed E-state index contributed by atoms with van der Waals surface area (Å²) in [7, 11) is 3.29. The zero-order chi connectivity index (χ0) is 35.6. The van der Waals surface area contributed by atoms with Crippen molar-refractivity contribution < 1.29 is 28.9 Å². The van der Waals surface area contributed by atoms with Crippen LogP contribution in [0.4, 0.5) is 4.79 Å². The van der Waals surface area contributed by atoms with Crippen molar-refractivity contribution in [2.24, 2.45) is 7.05 Å². The standard InChI is InChI=1S/C40H42N4O6S/c1-44-19-18-41-40(44)51-26-34-23-36(30-16-14-28(25-45)15-17-30)50-38(49-34)33-13-7-12-32(22-33)31-11-6-10-29(20-31)24-42-39(47)43-35(37(46)48-2)21-27-8-4-3-5-9-27/h3-20,22,34-36,38,45H,21,23-26H2,1-2H3,(H2,42,43,47)/t34-,35+,36+,38+/m1/s1. The zero-order valence-electron chi connectivity index (χ0n) is 28.6. The van der Waals surface area contributed by atoms with Gasteiger partial charge in [-0.15, -0.1) is 0 Å². The van der Waals surface area contributed by atoms with E-state index in [1.807, 2.05) is 115 Å². The van der Waals surface area contributed by atoms with Crippen LogP contribution in [-0.2, 0) is 45.6 Å². The Kier molecular flexibility index (Phi) is 12.2. The van der Waals surface area contributed by atoms with Crippen LogP contribution in [0, 0.1) is 0 Å². The number of imidazole rings is 1. The molecule has 0 radical (unpaired) electrons. The van der Waals surface area contributed by atoms with Gasteiger partial charge >= 0.3 is 12.0 Å². The molecule has 0 saturated carbocycles. The second-order valence-corrected chi connectivity index (χ2v) is 13.4. The minimum atomic E-state index is -0.816. The summed E-state index contributed by atoms with van der Waals surface area (Å²) in [5.41, 5.74) is 6.54. The molecule has 0 spiro atoms. The second kappa shape index (κ2) is 17.3. The molecule has 10 nitrogen and oxygen atoms in total. The van der Waals surface area contributed by atoms with Crippen LogP contribution in [0.1, 0.15) is 46.6 Å². The van der Waals surface area contributed by atoms with Gasteiger partial charge in [-0.05, 0) is 45.5 Å². The molecule has 1 aliphatic rings. The average Bonchev–Trinajstić information content (AvgIpc) is 3.60. The van der Waals surface area contributed by atoms with Gasteiger partial charge in [0.25, 0.3) is 0 Å². The number of carbonyl (C=O) groups is 2. The number of carbonyl (C=O) groups excluding carboxylic acids is 2. The van der Waals surface area contributed by atoms with Crippen LogP contribution in [-0.4, -0.2) is 51.7 Å². The van der Waals surface area contributed by atoms with Crippen LogP contribution in [0.5, 0.6) is 0 Å². The second-order valence-electron chi connectivity index (χ2n) is 12.4. The van der Waals surface area contributed by atoms with Crippen molar-refractivity contribution >= 4 is 23.8 Å². The van der Waals surface area contributed by atoms with Gasteiger partial charge in [-0.2, -0.15) is 0 Å². The maximum atomic E-state index is 12.9. The average molecular weight is 707 g/mol. The molecule has 0 bridgehead atoms. The lowest BCUT2D eigenvalue weighted by atomic mass is 9.99. The highest BCUT2D eigenvalue weighted by Crippen LogP contribution is 2.40. The maximum Gasteiger partial charge on any atom is 0.328 e. The van der Waals surface area contributed by atoms with E-state index in [0.29, 0.717) is 18.6 Å². The number of rotatable bonds is 13. The lowest BCUT2D eigenvalue weighted by Gasteiger charge is -2.36. The minimum absolute atomic E-state index is 0.0116. The Hall–Kier alpha value is -4.94. The number of aromatic nitrogens is 2. The van der Waals surface area contributed by atoms with Crippen molar-refractivity contribution in [1.29, 1.82) is 0 Å². The van der Waals surface area contributed by atoms with Crippen molar-refractivity contribution in [2.75, 3.05) is 12.9 Å². The lowest BCUT2D eigenvalue weighted by Crippen LogP contribution is -2.47. The molecule has 5 aromatic rings. The van der Waals surface area contributed by atoms with Crippen LogP contribution in [0.15, 0.2) is 121 Å². The van der Waals surface area contributed by atoms with Crippen molar-refractivity contribution in [3.63, 3.8) is 0 Å². The van der Waals surface area contributed by atoms with Crippen molar-refractivity contribution in [3.05, 3.63) is 143 Å². The summed E-state index contributed by atoms with van der Waals surface area (Å²) in [6.45, 7) is 0.252. The van der Waals surface area contributed by atoms with Gasteiger partial charge in [0.05, 0.1) is 25.9 Å². The third-order valence-electron chi connectivity index (χ3n) is 8.74. The molecule has 51 heavy (non-hydrogen) atoms. The van der Waals surface area contributed by atoms with Crippen LogP contribution in [0.3, 0.4) is 0 Å². The Morgan fingerprint density at radius 2 is 1.67 bits per heavy atom. The largest absolute Gasteiger partial charge is 0.467 e. The molecule has 4 aromatic carbocycles. The first-order chi connectivity index (χ1) is 24.9. The number of aliphatic hydroxyl groups is 1. The zero-order valence-corrected chi connectivity index (χ0v) is 29.4. The number of urea groups is 1. The first-order valence-corrected chi connectivity index (χ1v) is 17.8. The Morgan fingerprint density at radius 1 is 0.922 bits per heavy atom. The highest BCUT2D eigenvalue weighted by atomic mass is 32.2. The fourth-order valence-corrected chi connectivity index (χ4v) is 6.93. The van der Waals surface area contributed by atoms with Crippen molar-refractivity contribution in [1.82, 2.24) is 20.2 Å². The number of aryl methyl sites for hydroxylation is 1. The SMILES string of the molecule is COC(=O)[C@H](Cc1ccccc1)NC(=O)NCc1cccc(-c2cccc([C@H]3O[C@@H](CSc4nccn4C)C[C@@H](c4ccc(CO)cc4)O3)c2)c1. The summed E-state index contributed by atoms with van der Waals surface area (Å²) >= 11 is 1.66. The van der Waals surface area contributed by atoms with Crippen LogP contribution < -0.4 is 10.6 Å². The molecule has 4 atom stereocenters. The number of thioether (sulfide) groups is 1. The number of aliphatic hydroxyl groups excluding tert-OH is 1. The summed E-state index contributed by atoms with van der Waals surface area (Å²) in [6, 6.07) is 32.1. The molecule has 2 amide bonds. The molecular weight excluding hydrogens is 665 g/mol. The van der Waals surface area contributed by atoms with E-state index in [1.54, 1.807) is 18.0 Å². The van der Waals surface area contributed by atoms with Crippen molar-refractivity contribution in [3.8, 4) is 11.1 Å². The maximum absolute atomic E-state index is 12.9. The van der Waals surface area contributed by atoms with Crippen molar-refractivity contribution in [2.45, 2.75) is 55.7 Å². The number of amides is 2. The lowest BCUT2D eigenvalue weighted by molar-refractivity contribution is -0.245. The molecule has 0 aliphatic carbocycles. The first kappa shape index (κ1) is 35.9. The van der Waals surface area contributed by atoms with Crippen LogP contribution in [0.2, 0.25) is 0 Å². The molecule has 11 heteroatoms. The van der Waals surface area contributed by atoms with Crippen LogP contribution in [0.25, 0.3) is 11.1 Å². The van der Waals surface area contributed by atoms with Crippen LogP contribution >= 0.6 is 11.8 Å². The molecule has 264 valence electrons. The van der Waals surface area contributed by atoms with E-state index in [1.165, 1.54) is 7.11 Å². The molecule has 0 unspecified atom stereocenters. The number of hydrogen-bond donors (Lipinski definition) is 3. The predicted molar refractivity (Wildman–Crippen MR) is 196 cm³/mol. The third kappa shape index (κ3) is 9.65. The highest BCUT2D eigenvalue weighted by Gasteiger charge is 2.32. The topological polar surface area (TPSA) is 124 Å². The number of hydrogen-bond acceptors (Lipinski definition) is 8. The van der Waals surface area contributed by atoms with Gasteiger partial charge < -0.3 is 34.5 Å². The molecule has 1 aliphatic heterocycles. The summed E-state index contributed by atoms with van der Waals surface area (Å²) in [6.07, 6.45) is 3.84. The fraction of sp³-hybridized carbons (Fsp3) is 0.275. The monoisotopic (exact) mass is 706 g/mol. The van der Waals surface area contributed by atoms with E-state index in [0.717, 1.165) is 44.1 Å². The summed E-state index contributed by atoms with van der Waals surface area (Å²) in [4.78, 5) is 29.7. The molecule has 1 fully saturated rings. The van der Waals surface area contributed by atoms with Gasteiger partial charge in [0, 0.05) is 50.1 Å². The molecule has 2 heterocycles. The van der Waals surface area contributed by atoms with E-state index >= 15 is 0 Å². The van der Waals surface area contributed by atoms with Gasteiger partial charge in [-0.3, -0.25) is 0 Å². The number of benzene rings is 4. The van der Waals surface area contributed by atoms with E-state index in [9.17, 15) is 14.7 Å². The normalized spacial score (nSPS) is 17.7. The Labute approximate surface area is 302 Å². The van der Waals surface area contributed by atoms with Gasteiger partial charge in [0.1, 0.15) is 6.04 Å². The number of esters is 1. The van der Waals surface area contributed by atoms with Gasteiger partial charge in [0.15, 0.2) is 11.4 Å². The van der Waals surface area contributed by atoms with Gasteiger partial charge in [0.2, 0.25) is 0 Å². The van der Waals surface area contributed by atoms with Gasteiger partial charge in [-0.25, -0.2) is 14.6 Å². The summed E-state index contributed by atoms with van der Waals surface area (Å²) in [5, 5.41) is 16.1. The summed E-state index contributed by atoms with van der Waals surface area (Å²) < 4.78 is 20.1. The van der Waals surface area contributed by atoms with E-state index in [2.05, 4.69) is 21.7 Å². The van der Waals surface area contributed by atoms with E-state index < -0.39 is 24.3 Å². The molecular formula is C40H42N4O6S. The molecule has 1 aromatic heterocycles. The minimum Gasteiger partial charge on any atom is -0.467 e. The number of methoxy groups -OCH3 is 1. The first-order valence-electron chi connectivity index (χ1n) is 16.8. The smallest absolute Gasteiger partial charge is 0.328 e. The Balaban J connectivity index is 1.14. The fourth-order valence-electron chi connectivity index (χ4n) is 5.98. The number of ether oxygens (including phenoxy) is 3. The van der Waals surface area contributed by atoms with E-state index in [-0.39, 0.29) is 25.4 Å². The molecule has 6 rings (SSSR count). The molecule has 1 saturated heterocycles.